The van der Waals surface area contributed by atoms with Gasteiger partial charge in [-0.15, -0.1) is 0 Å². The van der Waals surface area contributed by atoms with Gasteiger partial charge in [0.1, 0.15) is 5.75 Å². The molecule has 0 unspecified atom stereocenters. The number of hydrogen-bond acceptors (Lipinski definition) is 5. The predicted molar refractivity (Wildman–Crippen MR) is 69.1 cm³/mol. The number of para-hydroxylation sites is 1. The number of ether oxygens (including phenoxy) is 1. The zero-order chi connectivity index (χ0) is 14.7. The van der Waals surface area contributed by atoms with E-state index in [2.05, 4.69) is 4.98 Å². The van der Waals surface area contributed by atoms with Crippen molar-refractivity contribution < 1.29 is 19.6 Å². The van der Waals surface area contributed by atoms with Crippen LogP contribution >= 0.6 is 0 Å². The molecule has 0 saturated carbocycles. The number of aromatic carboxylic acids is 1. The second-order valence-electron chi connectivity index (χ2n) is 3.95. The summed E-state index contributed by atoms with van der Waals surface area (Å²) in [5, 5.41) is 19.8. The third-order valence-corrected chi connectivity index (χ3v) is 2.56. The zero-order valence-corrected chi connectivity index (χ0v) is 10.4. The Bertz CT molecular complexity index is 684. The molecule has 20 heavy (non-hydrogen) atoms. The molecule has 0 fully saturated rings. The van der Waals surface area contributed by atoms with Crippen LogP contribution in [0.25, 0.3) is 0 Å². The number of carboxylic acids is 1. The fourth-order valence-corrected chi connectivity index (χ4v) is 1.54. The normalized spacial score (nSPS) is 10.1. The van der Waals surface area contributed by atoms with Crippen molar-refractivity contribution in [3.8, 4) is 11.6 Å². The molecule has 0 aliphatic carbocycles. The summed E-state index contributed by atoms with van der Waals surface area (Å²) in [5.74, 6) is -1.25. The Balaban J connectivity index is 2.48. The smallest absolute Gasteiger partial charge is 0.354 e. The Hall–Kier alpha value is -2.96. The second-order valence-corrected chi connectivity index (χ2v) is 3.95. The van der Waals surface area contributed by atoms with Gasteiger partial charge >= 0.3 is 11.7 Å². The van der Waals surface area contributed by atoms with Gasteiger partial charge in [0.15, 0.2) is 5.69 Å². The van der Waals surface area contributed by atoms with Crippen molar-refractivity contribution in [1.82, 2.24) is 4.98 Å². The van der Waals surface area contributed by atoms with Gasteiger partial charge < -0.3 is 9.84 Å². The lowest BCUT2D eigenvalue weighted by molar-refractivity contribution is -0.386. The monoisotopic (exact) mass is 274 g/mol. The van der Waals surface area contributed by atoms with Crippen molar-refractivity contribution in [2.24, 2.45) is 0 Å². The minimum absolute atomic E-state index is 0.320. The van der Waals surface area contributed by atoms with Gasteiger partial charge in [0.25, 0.3) is 5.88 Å². The summed E-state index contributed by atoms with van der Waals surface area (Å²) in [7, 11) is 0. The lowest BCUT2D eigenvalue weighted by Crippen LogP contribution is -2.04. The van der Waals surface area contributed by atoms with E-state index in [9.17, 15) is 14.9 Å². The molecule has 0 radical (unpaired) electrons. The van der Waals surface area contributed by atoms with E-state index < -0.39 is 16.6 Å². The maximum Gasteiger partial charge on any atom is 0.354 e. The van der Waals surface area contributed by atoms with Crippen molar-refractivity contribution in [2.75, 3.05) is 0 Å². The maximum absolute atomic E-state index is 10.9. The van der Waals surface area contributed by atoms with Crippen LogP contribution in [0, 0.1) is 17.0 Å². The number of hydrogen-bond donors (Lipinski definition) is 1. The van der Waals surface area contributed by atoms with Gasteiger partial charge in [-0.1, -0.05) is 18.2 Å². The van der Waals surface area contributed by atoms with Crippen LogP contribution in [0.1, 0.15) is 16.1 Å². The number of aryl methyl sites for hydroxylation is 1. The first-order valence-electron chi connectivity index (χ1n) is 5.61. The molecule has 1 N–H and O–H groups in total. The highest BCUT2D eigenvalue weighted by Gasteiger charge is 2.21. The SMILES string of the molecule is Cc1ccccc1Oc1nc(C(=O)O)ccc1[N+](=O)[O-]. The molecule has 2 rings (SSSR count). The van der Waals surface area contributed by atoms with E-state index in [0.29, 0.717) is 5.75 Å². The largest absolute Gasteiger partial charge is 0.477 e. The van der Waals surface area contributed by atoms with Gasteiger partial charge in [-0.25, -0.2) is 4.79 Å². The Kier molecular flexibility index (Phi) is 3.60. The van der Waals surface area contributed by atoms with E-state index in [1.54, 1.807) is 31.2 Å². The summed E-state index contributed by atoms with van der Waals surface area (Å²) < 4.78 is 5.38. The van der Waals surface area contributed by atoms with Crippen LogP contribution in [0.2, 0.25) is 0 Å². The maximum atomic E-state index is 10.9. The third kappa shape index (κ3) is 2.72. The Morgan fingerprint density at radius 3 is 2.60 bits per heavy atom. The number of nitro groups is 1. The van der Waals surface area contributed by atoms with Gasteiger partial charge in [0.05, 0.1) is 4.92 Å². The van der Waals surface area contributed by atoms with Crippen LogP contribution in [-0.4, -0.2) is 21.0 Å². The van der Waals surface area contributed by atoms with Crippen molar-refractivity contribution in [1.29, 1.82) is 0 Å². The van der Waals surface area contributed by atoms with Crippen molar-refractivity contribution in [3.63, 3.8) is 0 Å². The van der Waals surface area contributed by atoms with E-state index in [0.717, 1.165) is 17.7 Å². The fourth-order valence-electron chi connectivity index (χ4n) is 1.54. The van der Waals surface area contributed by atoms with Gasteiger partial charge in [-0.3, -0.25) is 10.1 Å². The Morgan fingerprint density at radius 1 is 1.30 bits per heavy atom. The number of pyridine rings is 1. The third-order valence-electron chi connectivity index (χ3n) is 2.56. The quantitative estimate of drug-likeness (QED) is 0.679. The Labute approximate surface area is 113 Å². The molecule has 1 aromatic carbocycles. The van der Waals surface area contributed by atoms with Gasteiger partial charge in [0.2, 0.25) is 0 Å². The first-order chi connectivity index (χ1) is 9.49. The minimum atomic E-state index is -1.28. The highest BCUT2D eigenvalue weighted by molar-refractivity contribution is 5.85. The molecule has 7 nitrogen and oxygen atoms in total. The summed E-state index contributed by atoms with van der Waals surface area (Å²) in [6.07, 6.45) is 0. The predicted octanol–water partition coefficient (Wildman–Crippen LogP) is 2.79. The summed E-state index contributed by atoms with van der Waals surface area (Å²) in [6.45, 7) is 1.77. The van der Waals surface area contributed by atoms with E-state index in [4.69, 9.17) is 9.84 Å². The number of benzene rings is 1. The number of rotatable bonds is 4. The molecule has 0 saturated heterocycles. The molecular weight excluding hydrogens is 264 g/mol. The van der Waals surface area contributed by atoms with Crippen molar-refractivity contribution >= 4 is 11.7 Å². The minimum Gasteiger partial charge on any atom is -0.477 e. The first-order valence-corrected chi connectivity index (χ1v) is 5.61. The second kappa shape index (κ2) is 5.35. The van der Waals surface area contributed by atoms with E-state index in [-0.39, 0.29) is 11.6 Å². The summed E-state index contributed by atoms with van der Waals surface area (Å²) >= 11 is 0. The first kappa shape index (κ1) is 13.5. The van der Waals surface area contributed by atoms with Crippen LogP contribution in [-0.2, 0) is 0 Å². The van der Waals surface area contributed by atoms with Crippen LogP contribution < -0.4 is 4.74 Å². The van der Waals surface area contributed by atoms with Gasteiger partial charge in [0, 0.05) is 6.07 Å². The molecule has 0 spiro atoms. The molecule has 0 aliphatic heterocycles. The highest BCUT2D eigenvalue weighted by Crippen LogP contribution is 2.30. The van der Waals surface area contributed by atoms with Crippen molar-refractivity contribution in [3.05, 3.63) is 57.8 Å². The number of carboxylic acid groups (broad SMARTS) is 1. The summed E-state index contributed by atoms with van der Waals surface area (Å²) in [5.41, 5.74) is 0.0433. The zero-order valence-electron chi connectivity index (χ0n) is 10.4. The molecule has 7 heteroatoms. The molecule has 0 atom stereocenters. The van der Waals surface area contributed by atoms with Gasteiger partial charge in [-0.2, -0.15) is 4.98 Å². The number of carbonyl (C=O) groups is 1. The molecule has 1 heterocycles. The molecule has 0 bridgehead atoms. The van der Waals surface area contributed by atoms with Crippen LogP contribution in [0.4, 0.5) is 5.69 Å². The van der Waals surface area contributed by atoms with Crippen molar-refractivity contribution in [2.45, 2.75) is 6.92 Å². The lowest BCUT2D eigenvalue weighted by Gasteiger charge is -2.08. The lowest BCUT2D eigenvalue weighted by atomic mass is 10.2. The fraction of sp³-hybridized carbons (Fsp3) is 0.0769. The number of aromatic nitrogens is 1. The standard InChI is InChI=1S/C13H10N2O5/c1-8-4-2-3-5-11(8)20-12-10(15(18)19)7-6-9(14-12)13(16)17/h2-7H,1H3,(H,16,17). The molecule has 102 valence electrons. The van der Waals surface area contributed by atoms with Gasteiger partial charge in [-0.05, 0) is 24.6 Å². The van der Waals surface area contributed by atoms with Crippen LogP contribution in [0.5, 0.6) is 11.6 Å². The topological polar surface area (TPSA) is 103 Å². The average Bonchev–Trinajstić information content (AvgIpc) is 2.41. The summed E-state index contributed by atoms with van der Waals surface area (Å²) in [6, 6.07) is 9.00. The highest BCUT2D eigenvalue weighted by atomic mass is 16.6. The summed E-state index contributed by atoms with van der Waals surface area (Å²) in [4.78, 5) is 24.8. The van der Waals surface area contributed by atoms with E-state index >= 15 is 0 Å². The average molecular weight is 274 g/mol. The molecular formula is C13H10N2O5. The van der Waals surface area contributed by atoms with Crippen LogP contribution in [0.15, 0.2) is 36.4 Å². The molecule has 0 aliphatic rings. The molecule has 1 aromatic heterocycles. The number of nitrogens with zero attached hydrogens (tertiary/aromatic N) is 2. The molecule has 0 amide bonds. The van der Waals surface area contributed by atoms with Crippen LogP contribution in [0.3, 0.4) is 0 Å². The Morgan fingerprint density at radius 2 is 2.00 bits per heavy atom. The molecule has 2 aromatic rings. The van der Waals surface area contributed by atoms with E-state index in [1.165, 1.54) is 0 Å². The van der Waals surface area contributed by atoms with E-state index in [1.807, 2.05) is 0 Å².